The number of aryl methyl sites for hydroxylation is 1. The fraction of sp³-hybridized carbons (Fsp3) is 0.429. The molecule has 1 aromatic rings. The molecule has 1 N–H and O–H groups in total. The lowest BCUT2D eigenvalue weighted by Crippen LogP contribution is -2.29. The predicted molar refractivity (Wildman–Crippen MR) is 70.4 cm³/mol. The highest BCUT2D eigenvalue weighted by atomic mass is 16.5. The van der Waals surface area contributed by atoms with Crippen molar-refractivity contribution in [3.63, 3.8) is 0 Å². The quantitative estimate of drug-likeness (QED) is 0.888. The molecule has 4 heteroatoms. The molecular formula is C14H18N2O2. The molecule has 96 valence electrons. The van der Waals surface area contributed by atoms with E-state index >= 15 is 0 Å². The minimum atomic E-state index is -1.04. The molecular weight excluding hydrogens is 228 g/mol. The topological polar surface area (TPSA) is 62.1 Å². The molecule has 0 bridgehead atoms. The number of nitrogens with one attached hydrogen (secondary N) is 1. The van der Waals surface area contributed by atoms with Crippen molar-refractivity contribution < 1.29 is 9.53 Å². The van der Waals surface area contributed by atoms with Crippen molar-refractivity contribution in [3.05, 3.63) is 23.8 Å². The molecule has 0 saturated carbocycles. The third kappa shape index (κ3) is 3.01. The number of amides is 1. The molecule has 1 amide bonds. The maximum Gasteiger partial charge on any atom is 0.244 e. The number of carbonyl (C=O) groups is 1. The Morgan fingerprint density at radius 3 is 2.67 bits per heavy atom. The van der Waals surface area contributed by atoms with Gasteiger partial charge in [-0.3, -0.25) is 4.79 Å². The average Bonchev–Trinajstić information content (AvgIpc) is 2.38. The molecule has 18 heavy (non-hydrogen) atoms. The highest BCUT2D eigenvalue weighted by Crippen LogP contribution is 2.24. The lowest BCUT2D eigenvalue weighted by Gasteiger charge is -2.16. The van der Waals surface area contributed by atoms with Gasteiger partial charge in [0.05, 0.1) is 13.2 Å². The van der Waals surface area contributed by atoms with Crippen LogP contribution in [0.15, 0.2) is 18.2 Å². The summed E-state index contributed by atoms with van der Waals surface area (Å²) in [6.45, 7) is 5.20. The highest BCUT2D eigenvalue weighted by Gasteiger charge is 2.27. The number of hydrogen-bond donors (Lipinski definition) is 1. The van der Waals surface area contributed by atoms with E-state index in [0.29, 0.717) is 5.69 Å². The summed E-state index contributed by atoms with van der Waals surface area (Å²) in [4.78, 5) is 11.9. The van der Waals surface area contributed by atoms with E-state index in [4.69, 9.17) is 10.00 Å². The van der Waals surface area contributed by atoms with Crippen LogP contribution in [-0.2, 0) is 11.2 Å². The Balaban J connectivity index is 2.94. The summed E-state index contributed by atoms with van der Waals surface area (Å²) >= 11 is 0. The second-order valence-electron chi connectivity index (χ2n) is 4.57. The van der Waals surface area contributed by atoms with Crippen LogP contribution in [0.1, 0.15) is 26.3 Å². The highest BCUT2D eigenvalue weighted by molar-refractivity contribution is 5.96. The molecule has 0 unspecified atom stereocenters. The number of carbonyl (C=O) groups excluding carboxylic acids is 1. The number of nitriles is 1. The molecule has 0 aromatic heterocycles. The molecule has 0 aliphatic carbocycles. The van der Waals surface area contributed by atoms with E-state index in [-0.39, 0.29) is 5.91 Å². The summed E-state index contributed by atoms with van der Waals surface area (Å²) in [5.41, 5.74) is 0.665. The van der Waals surface area contributed by atoms with Gasteiger partial charge in [-0.25, -0.2) is 0 Å². The van der Waals surface area contributed by atoms with Crippen LogP contribution < -0.4 is 10.1 Å². The predicted octanol–water partition coefficient (Wildman–Crippen LogP) is 2.75. The van der Waals surface area contributed by atoms with Crippen LogP contribution in [0.2, 0.25) is 0 Å². The van der Waals surface area contributed by atoms with Gasteiger partial charge >= 0.3 is 0 Å². The molecule has 0 spiro atoms. The van der Waals surface area contributed by atoms with Gasteiger partial charge in [0, 0.05) is 5.69 Å². The van der Waals surface area contributed by atoms with Crippen LogP contribution in [0.25, 0.3) is 0 Å². The zero-order valence-electron chi connectivity index (χ0n) is 11.2. The minimum Gasteiger partial charge on any atom is -0.496 e. The summed E-state index contributed by atoms with van der Waals surface area (Å²) < 4.78 is 5.22. The number of methoxy groups -OCH3 is 1. The summed E-state index contributed by atoms with van der Waals surface area (Å²) in [6, 6.07) is 7.42. The molecule has 0 heterocycles. The van der Waals surface area contributed by atoms with Crippen molar-refractivity contribution in [2.75, 3.05) is 12.4 Å². The number of rotatable bonds is 4. The van der Waals surface area contributed by atoms with Crippen molar-refractivity contribution in [1.82, 2.24) is 0 Å². The second kappa shape index (κ2) is 5.54. The van der Waals surface area contributed by atoms with E-state index in [0.717, 1.165) is 17.7 Å². The molecule has 0 saturated heterocycles. The third-order valence-electron chi connectivity index (χ3n) is 2.77. The van der Waals surface area contributed by atoms with Crippen molar-refractivity contribution in [2.45, 2.75) is 27.2 Å². The third-order valence-corrected chi connectivity index (χ3v) is 2.77. The molecule has 1 rings (SSSR count). The molecule has 0 aliphatic rings. The van der Waals surface area contributed by atoms with Gasteiger partial charge in [-0.2, -0.15) is 5.26 Å². The molecule has 0 radical (unpaired) electrons. The maximum absolute atomic E-state index is 11.9. The van der Waals surface area contributed by atoms with Gasteiger partial charge in [-0.15, -0.1) is 0 Å². The Kier molecular flexibility index (Phi) is 4.33. The Morgan fingerprint density at radius 2 is 2.17 bits per heavy atom. The lowest BCUT2D eigenvalue weighted by molar-refractivity contribution is -0.121. The van der Waals surface area contributed by atoms with E-state index in [9.17, 15) is 4.79 Å². The van der Waals surface area contributed by atoms with Gasteiger partial charge in [0.2, 0.25) is 5.91 Å². The van der Waals surface area contributed by atoms with Crippen LogP contribution in [0.4, 0.5) is 5.69 Å². The van der Waals surface area contributed by atoms with E-state index in [1.165, 1.54) is 0 Å². The van der Waals surface area contributed by atoms with Crippen molar-refractivity contribution in [1.29, 1.82) is 5.26 Å². The van der Waals surface area contributed by atoms with Crippen molar-refractivity contribution >= 4 is 11.6 Å². The van der Waals surface area contributed by atoms with E-state index in [1.54, 1.807) is 27.0 Å². The first kappa shape index (κ1) is 14.0. The van der Waals surface area contributed by atoms with Gasteiger partial charge in [0.15, 0.2) is 0 Å². The largest absolute Gasteiger partial charge is 0.496 e. The van der Waals surface area contributed by atoms with Crippen LogP contribution in [0.5, 0.6) is 5.75 Å². The van der Waals surface area contributed by atoms with Gasteiger partial charge < -0.3 is 10.1 Å². The van der Waals surface area contributed by atoms with E-state index < -0.39 is 5.41 Å². The first-order valence-corrected chi connectivity index (χ1v) is 5.84. The van der Waals surface area contributed by atoms with Gasteiger partial charge in [-0.1, -0.05) is 6.92 Å². The van der Waals surface area contributed by atoms with Gasteiger partial charge in [-0.05, 0) is 44.0 Å². The summed E-state index contributed by atoms with van der Waals surface area (Å²) in [5.74, 6) is 0.493. The summed E-state index contributed by atoms with van der Waals surface area (Å²) in [5, 5.41) is 11.6. The first-order chi connectivity index (χ1) is 8.44. The first-order valence-electron chi connectivity index (χ1n) is 5.84. The number of ether oxygens (including phenoxy) is 1. The molecule has 0 fully saturated rings. The monoisotopic (exact) mass is 246 g/mol. The fourth-order valence-corrected chi connectivity index (χ4v) is 1.47. The molecule has 4 nitrogen and oxygen atoms in total. The number of hydrogen-bond acceptors (Lipinski definition) is 3. The van der Waals surface area contributed by atoms with Crippen molar-refractivity contribution in [2.24, 2.45) is 5.41 Å². The number of anilines is 1. The molecule has 1 aromatic carbocycles. The van der Waals surface area contributed by atoms with Crippen LogP contribution in [0, 0.1) is 16.7 Å². The Hall–Kier alpha value is -2.02. The SMILES string of the molecule is CCc1cc(NC(=O)C(C)(C)C#N)ccc1OC. The smallest absolute Gasteiger partial charge is 0.244 e. The summed E-state index contributed by atoms with van der Waals surface area (Å²) in [6.07, 6.45) is 0.814. The zero-order chi connectivity index (χ0) is 13.8. The Bertz CT molecular complexity index is 487. The number of nitrogens with zero attached hydrogens (tertiary/aromatic N) is 1. The van der Waals surface area contributed by atoms with E-state index in [2.05, 4.69) is 5.32 Å². The van der Waals surface area contributed by atoms with E-state index in [1.807, 2.05) is 25.1 Å². The van der Waals surface area contributed by atoms with Gasteiger partial charge in [0.25, 0.3) is 0 Å². The lowest BCUT2D eigenvalue weighted by atomic mass is 9.94. The minimum absolute atomic E-state index is 0.308. The van der Waals surface area contributed by atoms with Crippen LogP contribution >= 0.6 is 0 Å². The molecule has 0 aliphatic heterocycles. The van der Waals surface area contributed by atoms with Crippen LogP contribution in [0.3, 0.4) is 0 Å². The second-order valence-corrected chi connectivity index (χ2v) is 4.57. The zero-order valence-corrected chi connectivity index (χ0v) is 11.2. The fourth-order valence-electron chi connectivity index (χ4n) is 1.47. The molecule has 0 atom stereocenters. The maximum atomic E-state index is 11.9. The van der Waals surface area contributed by atoms with Gasteiger partial charge in [0.1, 0.15) is 11.2 Å². The number of benzene rings is 1. The summed E-state index contributed by atoms with van der Waals surface area (Å²) in [7, 11) is 1.62. The average molecular weight is 246 g/mol. The normalized spacial score (nSPS) is 10.6. The van der Waals surface area contributed by atoms with Crippen LogP contribution in [-0.4, -0.2) is 13.0 Å². The Morgan fingerprint density at radius 1 is 1.50 bits per heavy atom. The van der Waals surface area contributed by atoms with Crippen molar-refractivity contribution in [3.8, 4) is 11.8 Å². The standard InChI is InChI=1S/C14H18N2O2/c1-5-10-8-11(6-7-12(10)18-4)16-13(17)14(2,3)9-15/h6-8H,5H2,1-4H3,(H,16,17). The Labute approximate surface area is 108 Å².